The van der Waals surface area contributed by atoms with Crippen LogP contribution in [0.15, 0.2) is 131 Å². The van der Waals surface area contributed by atoms with E-state index in [1.807, 2.05) is 24.3 Å². The molecule has 20 nitrogen and oxygen atoms in total. The van der Waals surface area contributed by atoms with Gasteiger partial charge in [-0.05, 0) is 111 Å². The van der Waals surface area contributed by atoms with Gasteiger partial charge in [0.15, 0.2) is 5.71 Å². The fourth-order valence-electron chi connectivity index (χ4n) is 10.7. The lowest BCUT2D eigenvalue weighted by atomic mass is 9.81. The molecule has 9 N–H and O–H groups in total. The van der Waals surface area contributed by atoms with E-state index in [1.54, 1.807) is 24.3 Å². The number of aromatic nitrogens is 3. The summed E-state index contributed by atoms with van der Waals surface area (Å²) in [6.45, 7) is 9.14. The summed E-state index contributed by atoms with van der Waals surface area (Å²) in [4.78, 5) is 61.8. The zero-order valence-electron chi connectivity index (χ0n) is 44.5. The van der Waals surface area contributed by atoms with Crippen molar-refractivity contribution in [2.75, 3.05) is 41.8 Å². The Morgan fingerprint density at radius 1 is 0.848 bits per heavy atom. The Labute approximate surface area is 458 Å². The number of nitrogens with two attached hydrogens (primary N) is 1. The highest BCUT2D eigenvalue weighted by atomic mass is 32.2. The standard InChI is InChI=1S/C57H66N8O12S2/c1-56(2)42-16-5-7-18-45(42)64(28-9-11-30-78(71,72)73)47(56)26-22-37-14-13-15-38(23-27-48-57(3,4)43-17-6-8-19-46(43)65(48)29-10-12-31-79(74,75)76)51(37)77-40-24-20-36(21-25-40)32-44(54(69)70)61-50(67)35-59-49(66)34-39-33-41-52(60-39)62-55(58)63-53(41)68/h5-8,16-27,33,44H,9-15,28-32,34-35H2,1-4H3,(H8-,58,59,60,61,62,63,66,67,68,69,70,71,72,73,74,75,76)/p+1/t44-/m0/s1. The normalized spacial score (nSPS) is 17.4. The van der Waals surface area contributed by atoms with Crippen molar-refractivity contribution in [3.8, 4) is 5.75 Å². The van der Waals surface area contributed by atoms with E-state index in [1.165, 1.54) is 6.07 Å². The van der Waals surface area contributed by atoms with Gasteiger partial charge < -0.3 is 36.1 Å². The number of anilines is 2. The number of aliphatic carboxylic acids is 1. The number of hydrogen-bond donors (Lipinski definition) is 8. The molecule has 5 aromatic rings. The van der Waals surface area contributed by atoms with Crippen LogP contribution < -0.4 is 31.6 Å². The Morgan fingerprint density at radius 2 is 1.53 bits per heavy atom. The Kier molecular flexibility index (Phi) is 17.3. The van der Waals surface area contributed by atoms with Crippen LogP contribution in [0.1, 0.15) is 95.0 Å². The van der Waals surface area contributed by atoms with Gasteiger partial charge in [-0.1, -0.05) is 68.5 Å². The van der Waals surface area contributed by atoms with Crippen molar-refractivity contribution in [2.45, 2.75) is 102 Å². The van der Waals surface area contributed by atoms with Gasteiger partial charge in [0.05, 0.1) is 35.3 Å². The molecule has 0 radical (unpaired) electrons. The minimum atomic E-state index is -4.12. The van der Waals surface area contributed by atoms with Crippen LogP contribution in [0, 0.1) is 0 Å². The molecule has 79 heavy (non-hydrogen) atoms. The maximum Gasteiger partial charge on any atom is 0.326 e. The molecule has 2 aromatic heterocycles. The number of para-hydroxylation sites is 2. The van der Waals surface area contributed by atoms with E-state index >= 15 is 0 Å². The van der Waals surface area contributed by atoms with E-state index in [9.17, 15) is 50.2 Å². The number of benzene rings is 3. The Morgan fingerprint density at radius 3 is 2.24 bits per heavy atom. The molecule has 3 aliphatic rings. The number of amides is 2. The summed E-state index contributed by atoms with van der Waals surface area (Å²) in [6.07, 6.45) is 11.8. The summed E-state index contributed by atoms with van der Waals surface area (Å²) in [5, 5.41) is 15.3. The lowest BCUT2D eigenvalue weighted by Gasteiger charge is -2.27. The summed E-state index contributed by atoms with van der Waals surface area (Å²) < 4.78 is 74.4. The molecule has 1 aliphatic carbocycles. The second-order valence-corrected chi connectivity index (χ2v) is 24.3. The first-order valence-corrected chi connectivity index (χ1v) is 29.4. The van der Waals surface area contributed by atoms with E-state index < -0.39 is 67.0 Å². The van der Waals surface area contributed by atoms with E-state index in [4.69, 9.17) is 10.5 Å². The quantitative estimate of drug-likeness (QED) is 0.0192. The number of nitrogens with one attached hydrogen (secondary N) is 4. The topological polar surface area (TPSA) is 307 Å². The maximum absolute atomic E-state index is 13.0. The fourth-order valence-corrected chi connectivity index (χ4v) is 11.8. The monoisotopic (exact) mass is 1120 g/mol. The Hall–Kier alpha value is -7.66. The van der Waals surface area contributed by atoms with Gasteiger partial charge in [-0.25, -0.2) is 4.79 Å². The molecule has 0 unspecified atom stereocenters. The number of rotatable bonds is 23. The number of carboxylic acids is 1. The summed E-state index contributed by atoms with van der Waals surface area (Å²) in [5.41, 5.74) is 13.5. The first-order valence-electron chi connectivity index (χ1n) is 26.2. The third kappa shape index (κ3) is 14.0. The summed E-state index contributed by atoms with van der Waals surface area (Å²) in [5.74, 6) is -2.22. The molecule has 0 fully saturated rings. The van der Waals surface area contributed by atoms with E-state index in [2.05, 4.69) is 111 Å². The number of H-pyrrole nitrogens is 2. The first-order chi connectivity index (χ1) is 37.4. The van der Waals surface area contributed by atoms with Gasteiger partial charge >= 0.3 is 5.97 Å². The highest BCUT2D eigenvalue weighted by molar-refractivity contribution is 7.86. The number of nitrogens with zero attached hydrogens (tertiary/aromatic N) is 3. The third-order valence-electron chi connectivity index (χ3n) is 14.6. The minimum absolute atomic E-state index is 0.0853. The Bertz CT molecular complexity index is 3630. The van der Waals surface area contributed by atoms with E-state index in [0.29, 0.717) is 61.5 Å². The molecule has 3 aromatic carbocycles. The molecule has 0 spiro atoms. The van der Waals surface area contributed by atoms with Gasteiger partial charge in [0.2, 0.25) is 23.5 Å². The average Bonchev–Trinajstić information content (AvgIpc) is 4.13. The molecule has 0 bridgehead atoms. The van der Waals surface area contributed by atoms with E-state index in [0.717, 1.165) is 51.5 Å². The zero-order chi connectivity index (χ0) is 56.9. The van der Waals surface area contributed by atoms with Gasteiger partial charge in [0.25, 0.3) is 25.8 Å². The molecule has 22 heteroatoms. The van der Waals surface area contributed by atoms with Crippen LogP contribution in [-0.2, 0) is 58.3 Å². The maximum atomic E-state index is 13.0. The van der Waals surface area contributed by atoms with Crippen molar-refractivity contribution in [2.24, 2.45) is 0 Å². The highest BCUT2D eigenvalue weighted by Gasteiger charge is 2.44. The van der Waals surface area contributed by atoms with Gasteiger partial charge in [-0.15, -0.1) is 0 Å². The molecule has 1 atom stereocenters. The number of carbonyl (C=O) groups excluding carboxylic acids is 2. The largest absolute Gasteiger partial charge is 0.480 e. The average molecular weight is 1120 g/mol. The van der Waals surface area contributed by atoms with Crippen molar-refractivity contribution in [3.63, 3.8) is 0 Å². The van der Waals surface area contributed by atoms with Crippen LogP contribution in [0.3, 0.4) is 0 Å². The lowest BCUT2D eigenvalue weighted by Crippen LogP contribution is -2.46. The fraction of sp³-hybridized carbons (Fsp3) is 0.368. The van der Waals surface area contributed by atoms with Crippen LogP contribution in [0.5, 0.6) is 5.75 Å². The SMILES string of the molecule is CC1(C)C(/C=C/C2=C(Oc3ccc(C[C@H](NC(=O)CNC(=O)Cc4cc5c(=O)[nH]c(N)nc5[nH]4)C(=O)O)cc3)C(=C/C=C3/N(CCCCS(=O)(=O)O)c4ccccc4C3(C)C)/CCC2)=[N+](CCCCS(=O)(=O)O)c2ccccc21. The molecular weight excluding hydrogens is 1050 g/mol. The van der Waals surface area contributed by atoms with Gasteiger partial charge in [-0.2, -0.15) is 26.4 Å². The number of unbranched alkanes of at least 4 members (excludes halogenated alkanes) is 2. The molecular formula is C57H67N8O12S2+. The van der Waals surface area contributed by atoms with Crippen molar-refractivity contribution < 1.29 is 54.7 Å². The van der Waals surface area contributed by atoms with Gasteiger partial charge in [0.1, 0.15) is 29.7 Å². The number of allylic oxidation sites excluding steroid dienone is 7. The number of fused-ring (bicyclic) bond motifs is 3. The van der Waals surface area contributed by atoms with Crippen molar-refractivity contribution in [3.05, 3.63) is 159 Å². The van der Waals surface area contributed by atoms with Gasteiger partial charge in [0, 0.05) is 59.6 Å². The number of ether oxygens (including phenoxy) is 1. The number of aromatic amines is 2. The number of carbonyl (C=O) groups is 3. The van der Waals surface area contributed by atoms with Crippen molar-refractivity contribution in [1.29, 1.82) is 0 Å². The molecule has 0 saturated carbocycles. The molecule has 4 heterocycles. The summed E-state index contributed by atoms with van der Waals surface area (Å²) in [7, 11) is -8.23. The molecule has 0 saturated heterocycles. The Balaban J connectivity index is 1.06. The van der Waals surface area contributed by atoms with Crippen LogP contribution in [0.4, 0.5) is 17.3 Å². The first kappa shape index (κ1) is 57.5. The van der Waals surface area contributed by atoms with Crippen LogP contribution in [0.25, 0.3) is 11.0 Å². The second-order valence-electron chi connectivity index (χ2n) is 21.1. The molecule has 2 amide bonds. The van der Waals surface area contributed by atoms with Gasteiger partial charge in [-0.3, -0.25) is 28.5 Å². The molecule has 8 rings (SSSR count). The lowest BCUT2D eigenvalue weighted by molar-refractivity contribution is -0.438. The molecule has 2 aliphatic heterocycles. The van der Waals surface area contributed by atoms with Crippen LogP contribution >= 0.6 is 0 Å². The summed E-state index contributed by atoms with van der Waals surface area (Å²) in [6, 6.07) is 23.3. The van der Waals surface area contributed by atoms with E-state index in [-0.39, 0.29) is 54.2 Å². The predicted octanol–water partition coefficient (Wildman–Crippen LogP) is 6.70. The second kappa shape index (κ2) is 23.7. The zero-order valence-corrected chi connectivity index (χ0v) is 46.2. The summed E-state index contributed by atoms with van der Waals surface area (Å²) >= 11 is 0. The molecule has 418 valence electrons. The number of hydrogen-bond acceptors (Lipinski definition) is 12. The van der Waals surface area contributed by atoms with Crippen LogP contribution in [0.2, 0.25) is 0 Å². The predicted molar refractivity (Wildman–Crippen MR) is 302 cm³/mol. The van der Waals surface area contributed by atoms with Crippen molar-refractivity contribution >= 4 is 72.1 Å². The van der Waals surface area contributed by atoms with Crippen LogP contribution in [-0.4, -0.2) is 111 Å². The highest BCUT2D eigenvalue weighted by Crippen LogP contribution is 2.48. The number of nitrogen functional groups attached to an aromatic ring is 1. The smallest absolute Gasteiger partial charge is 0.326 e. The minimum Gasteiger partial charge on any atom is -0.480 e. The number of carboxylic acid groups (broad SMARTS) is 1. The third-order valence-corrected chi connectivity index (χ3v) is 16.2. The van der Waals surface area contributed by atoms with Crippen molar-refractivity contribution in [1.82, 2.24) is 25.6 Å².